The number of ether oxygens (including phenoxy) is 4. The maximum atomic E-state index is 11.7. The van der Waals surface area contributed by atoms with Crippen molar-refractivity contribution in [2.45, 2.75) is 24.4 Å². The molecule has 3 aliphatic rings. The van der Waals surface area contributed by atoms with E-state index in [2.05, 4.69) is 0 Å². The van der Waals surface area contributed by atoms with E-state index in [-0.39, 0.29) is 12.1 Å². The van der Waals surface area contributed by atoms with Crippen molar-refractivity contribution >= 4 is 5.97 Å². The van der Waals surface area contributed by atoms with Crippen molar-refractivity contribution in [2.24, 2.45) is 5.92 Å². The maximum absolute atomic E-state index is 11.7. The molecule has 2 fully saturated rings. The van der Waals surface area contributed by atoms with Crippen LogP contribution in [0.4, 0.5) is 0 Å². The first-order chi connectivity index (χ1) is 7.08. The quantitative estimate of drug-likeness (QED) is 0.483. The number of carbonyl (C=O) groups excluding carboxylic acids is 1. The second-order valence-electron chi connectivity index (χ2n) is 4.16. The van der Waals surface area contributed by atoms with Crippen LogP contribution in [0.3, 0.4) is 0 Å². The van der Waals surface area contributed by atoms with Gasteiger partial charge in [-0.2, -0.15) is 0 Å². The van der Waals surface area contributed by atoms with E-state index in [9.17, 15) is 4.79 Å². The van der Waals surface area contributed by atoms with E-state index in [0.29, 0.717) is 5.76 Å². The lowest BCUT2D eigenvalue weighted by atomic mass is 9.80. The van der Waals surface area contributed by atoms with Crippen molar-refractivity contribution in [3.8, 4) is 0 Å². The van der Waals surface area contributed by atoms with Gasteiger partial charge in [-0.1, -0.05) is 0 Å². The van der Waals surface area contributed by atoms with E-state index in [1.54, 1.807) is 6.08 Å². The van der Waals surface area contributed by atoms with Crippen LogP contribution in [0.2, 0.25) is 0 Å². The fourth-order valence-corrected chi connectivity index (χ4v) is 2.86. The minimum absolute atomic E-state index is 0.340. The normalized spacial score (nSPS) is 44.5. The second kappa shape index (κ2) is 2.42. The molecule has 0 radical (unpaired) electrons. The molecule has 3 rings (SSSR count). The van der Waals surface area contributed by atoms with Crippen LogP contribution in [0.1, 0.15) is 6.92 Å². The Balaban J connectivity index is 2.18. The highest BCUT2D eigenvalue weighted by atomic mass is 16.7. The second-order valence-corrected chi connectivity index (χ2v) is 4.16. The van der Waals surface area contributed by atoms with Crippen LogP contribution in [-0.2, 0) is 23.7 Å². The highest BCUT2D eigenvalue weighted by Gasteiger charge is 2.75. The van der Waals surface area contributed by atoms with Crippen molar-refractivity contribution in [3.05, 3.63) is 11.8 Å². The molecule has 0 amide bonds. The summed E-state index contributed by atoms with van der Waals surface area (Å²) in [6.07, 6.45) is 1.39. The predicted octanol–water partition coefficient (Wildman–Crippen LogP) is 0.204. The molecule has 0 aromatic heterocycles. The molecule has 5 nitrogen and oxygen atoms in total. The third-order valence-corrected chi connectivity index (χ3v) is 3.60. The van der Waals surface area contributed by atoms with Crippen LogP contribution in [-0.4, -0.2) is 37.7 Å². The van der Waals surface area contributed by atoms with Crippen LogP contribution >= 0.6 is 0 Å². The van der Waals surface area contributed by atoms with E-state index >= 15 is 0 Å². The lowest BCUT2D eigenvalue weighted by Crippen LogP contribution is -2.52. The van der Waals surface area contributed by atoms with Gasteiger partial charge in [-0.25, -0.2) is 0 Å². The third-order valence-electron chi connectivity index (χ3n) is 3.60. The highest BCUT2D eigenvalue weighted by molar-refractivity contribution is 5.83. The minimum Gasteiger partial charge on any atom is -0.428 e. The van der Waals surface area contributed by atoms with E-state index in [4.69, 9.17) is 18.9 Å². The Bertz CT molecular complexity index is 370. The van der Waals surface area contributed by atoms with Crippen LogP contribution in [0.25, 0.3) is 0 Å². The number of hydrogen-bond acceptors (Lipinski definition) is 5. The molecule has 0 aliphatic carbocycles. The summed E-state index contributed by atoms with van der Waals surface area (Å²) >= 11 is 0. The van der Waals surface area contributed by atoms with Crippen LogP contribution < -0.4 is 0 Å². The first kappa shape index (κ1) is 9.33. The van der Waals surface area contributed by atoms with E-state index in [1.807, 2.05) is 6.92 Å². The molecule has 2 saturated heterocycles. The smallest absolute Gasteiger partial charge is 0.323 e. The first-order valence-corrected chi connectivity index (χ1v) is 4.80. The molecule has 2 bridgehead atoms. The van der Waals surface area contributed by atoms with Gasteiger partial charge in [0.25, 0.3) is 0 Å². The molecule has 0 unspecified atom stereocenters. The van der Waals surface area contributed by atoms with Crippen molar-refractivity contribution in [3.63, 3.8) is 0 Å². The van der Waals surface area contributed by atoms with Crippen molar-refractivity contribution in [1.29, 1.82) is 0 Å². The summed E-state index contributed by atoms with van der Waals surface area (Å²) in [4.78, 5) is 11.7. The van der Waals surface area contributed by atoms with Crippen LogP contribution in [0, 0.1) is 5.92 Å². The lowest BCUT2D eigenvalue weighted by Gasteiger charge is -2.33. The van der Waals surface area contributed by atoms with Gasteiger partial charge in [0, 0.05) is 14.2 Å². The zero-order chi connectivity index (χ0) is 10.8. The van der Waals surface area contributed by atoms with Gasteiger partial charge in [0.2, 0.25) is 5.79 Å². The molecule has 3 atom stereocenters. The molecule has 3 heterocycles. The highest BCUT2D eigenvalue weighted by Crippen LogP contribution is 2.59. The number of carbonyl (C=O) groups is 1. The summed E-state index contributed by atoms with van der Waals surface area (Å²) in [5, 5.41) is 0. The molecule has 0 aromatic carbocycles. The summed E-state index contributed by atoms with van der Waals surface area (Å²) < 4.78 is 21.6. The van der Waals surface area contributed by atoms with Gasteiger partial charge in [0.05, 0.1) is 0 Å². The van der Waals surface area contributed by atoms with Gasteiger partial charge < -0.3 is 18.9 Å². The Morgan fingerprint density at radius 2 is 2.07 bits per heavy atom. The molecular formula is C10H12O5. The Labute approximate surface area is 86.9 Å². The fraction of sp³-hybridized carbons (Fsp3) is 0.700. The molecule has 0 spiro atoms. The average molecular weight is 212 g/mol. The number of hydrogen-bond donors (Lipinski definition) is 0. The van der Waals surface area contributed by atoms with Gasteiger partial charge in [-0.15, -0.1) is 0 Å². The Morgan fingerprint density at radius 3 is 2.67 bits per heavy atom. The standard InChI is InChI=1S/C10H12O5/c1-9-5-4-6(15-9)10(12-2,13-3)7(9)8(11)14-5/h4,6-7H,1-3H3/t6-,7-,9-/m0/s1. The Hall–Kier alpha value is -0.910. The topological polar surface area (TPSA) is 54.0 Å². The van der Waals surface area contributed by atoms with Gasteiger partial charge in [0.15, 0.2) is 0 Å². The number of esters is 1. The SMILES string of the molecule is COC1(OC)[C@@H]2C=C3OC(=O)[C@H]1[C@@]3(C)O2. The molecule has 0 saturated carbocycles. The maximum Gasteiger partial charge on any atom is 0.323 e. The summed E-state index contributed by atoms with van der Waals surface area (Å²) in [6, 6.07) is 0. The van der Waals surface area contributed by atoms with Crippen molar-refractivity contribution < 1.29 is 23.7 Å². The number of rotatable bonds is 2. The molecule has 15 heavy (non-hydrogen) atoms. The van der Waals surface area contributed by atoms with Gasteiger partial charge in [-0.3, -0.25) is 4.79 Å². The lowest BCUT2D eigenvalue weighted by molar-refractivity contribution is -0.240. The molecule has 5 heteroatoms. The van der Waals surface area contributed by atoms with E-state index < -0.39 is 17.3 Å². The van der Waals surface area contributed by atoms with Crippen LogP contribution in [0.5, 0.6) is 0 Å². The van der Waals surface area contributed by atoms with Crippen molar-refractivity contribution in [2.75, 3.05) is 14.2 Å². The predicted molar refractivity (Wildman–Crippen MR) is 47.7 cm³/mol. The summed E-state index contributed by atoms with van der Waals surface area (Å²) in [5.41, 5.74) is -0.715. The third kappa shape index (κ3) is 0.758. The van der Waals surface area contributed by atoms with Gasteiger partial charge in [-0.05, 0) is 13.0 Å². The summed E-state index contributed by atoms with van der Waals surface area (Å²) in [6.45, 7) is 1.83. The zero-order valence-corrected chi connectivity index (χ0v) is 8.77. The fourth-order valence-electron chi connectivity index (χ4n) is 2.86. The zero-order valence-electron chi connectivity index (χ0n) is 8.77. The number of fused-ring (bicyclic) bond motifs is 1. The molecule has 3 aliphatic heterocycles. The molecular weight excluding hydrogens is 200 g/mol. The molecule has 0 aromatic rings. The monoisotopic (exact) mass is 212 g/mol. The van der Waals surface area contributed by atoms with Crippen LogP contribution in [0.15, 0.2) is 11.8 Å². The molecule has 0 N–H and O–H groups in total. The minimum atomic E-state index is -1.04. The number of methoxy groups -OCH3 is 2. The average Bonchev–Trinajstić information content (AvgIpc) is 2.68. The summed E-state index contributed by atoms with van der Waals surface area (Å²) in [7, 11) is 3.02. The first-order valence-electron chi connectivity index (χ1n) is 4.80. The summed E-state index contributed by atoms with van der Waals surface area (Å²) in [5.74, 6) is -1.32. The molecule has 82 valence electrons. The van der Waals surface area contributed by atoms with E-state index in [0.717, 1.165) is 0 Å². The largest absolute Gasteiger partial charge is 0.428 e. The van der Waals surface area contributed by atoms with Gasteiger partial charge in [0.1, 0.15) is 23.4 Å². The van der Waals surface area contributed by atoms with E-state index in [1.165, 1.54) is 14.2 Å². The van der Waals surface area contributed by atoms with Crippen molar-refractivity contribution in [1.82, 2.24) is 0 Å². The Morgan fingerprint density at radius 1 is 1.40 bits per heavy atom. The van der Waals surface area contributed by atoms with Gasteiger partial charge >= 0.3 is 5.97 Å². The Kier molecular flexibility index (Phi) is 1.51.